The maximum atomic E-state index is 12.3. The first-order valence-corrected chi connectivity index (χ1v) is 8.04. The fourth-order valence-electron chi connectivity index (χ4n) is 1.89. The Morgan fingerprint density at radius 1 is 1.32 bits per heavy atom. The van der Waals surface area contributed by atoms with E-state index in [0.717, 1.165) is 0 Å². The quantitative estimate of drug-likeness (QED) is 0.846. The van der Waals surface area contributed by atoms with Crippen molar-refractivity contribution in [2.45, 2.75) is 39.0 Å². The lowest BCUT2D eigenvalue weighted by atomic mass is 10.1. The minimum Gasteiger partial charge on any atom is -0.466 e. The number of carbonyl (C=O) groups excluding carboxylic acids is 1. The highest BCUT2D eigenvalue weighted by molar-refractivity contribution is 7.91. The number of rotatable bonds is 4. The van der Waals surface area contributed by atoms with Gasteiger partial charge in [0.15, 0.2) is 9.84 Å². The lowest BCUT2D eigenvalue weighted by Crippen LogP contribution is -2.44. The summed E-state index contributed by atoms with van der Waals surface area (Å²) in [5, 5.41) is -0.616. The van der Waals surface area contributed by atoms with Crippen LogP contribution in [0, 0.1) is 13.8 Å². The third kappa shape index (κ3) is 3.37. The van der Waals surface area contributed by atoms with Crippen molar-refractivity contribution >= 4 is 15.7 Å². The molecule has 5 nitrogen and oxygen atoms in total. The molecule has 0 aliphatic rings. The topological polar surface area (TPSA) is 67.6 Å². The van der Waals surface area contributed by atoms with Gasteiger partial charge in [-0.05, 0) is 33.8 Å². The minimum absolute atomic E-state index is 0.225. The van der Waals surface area contributed by atoms with Gasteiger partial charge in [-0.15, -0.1) is 0 Å². The Labute approximate surface area is 114 Å². The standard InChI is InChI=1S/C13H21NO4S/c1-8-7-12(10(3)18-8)13(15)14(5)9(2)11(4)19(6,16)17/h7,9,11H,1-6H3/t9-,11-/m0/s1. The van der Waals surface area contributed by atoms with Gasteiger partial charge in [0.2, 0.25) is 0 Å². The van der Waals surface area contributed by atoms with Crippen LogP contribution in [0.15, 0.2) is 10.5 Å². The van der Waals surface area contributed by atoms with Crippen molar-refractivity contribution in [1.29, 1.82) is 0 Å². The van der Waals surface area contributed by atoms with Crippen LogP contribution in [0.2, 0.25) is 0 Å². The number of amides is 1. The minimum atomic E-state index is -3.19. The highest BCUT2D eigenvalue weighted by atomic mass is 32.2. The van der Waals surface area contributed by atoms with Gasteiger partial charge in [0, 0.05) is 19.3 Å². The molecule has 0 aliphatic heterocycles. The van der Waals surface area contributed by atoms with E-state index in [0.29, 0.717) is 17.1 Å². The van der Waals surface area contributed by atoms with Crippen molar-refractivity contribution in [2.75, 3.05) is 13.3 Å². The molecule has 0 spiro atoms. The Hall–Kier alpha value is -1.30. The van der Waals surface area contributed by atoms with Crippen LogP contribution in [0.5, 0.6) is 0 Å². The zero-order valence-electron chi connectivity index (χ0n) is 12.2. The maximum absolute atomic E-state index is 12.3. The predicted octanol–water partition coefficient (Wildman–Crippen LogP) is 1.79. The zero-order valence-corrected chi connectivity index (χ0v) is 13.0. The molecule has 1 aromatic rings. The van der Waals surface area contributed by atoms with Gasteiger partial charge in [0.05, 0.1) is 10.8 Å². The number of sulfone groups is 1. The van der Waals surface area contributed by atoms with Gasteiger partial charge in [-0.3, -0.25) is 4.79 Å². The molecule has 0 unspecified atom stereocenters. The molecule has 0 bridgehead atoms. The monoisotopic (exact) mass is 287 g/mol. The van der Waals surface area contributed by atoms with Crippen LogP contribution < -0.4 is 0 Å². The second-order valence-corrected chi connectivity index (χ2v) is 7.42. The summed E-state index contributed by atoms with van der Waals surface area (Å²) >= 11 is 0. The first kappa shape index (κ1) is 15.8. The fourth-order valence-corrected chi connectivity index (χ4v) is 2.79. The number of furan rings is 1. The summed E-state index contributed by atoms with van der Waals surface area (Å²) in [5.41, 5.74) is 0.479. The lowest BCUT2D eigenvalue weighted by Gasteiger charge is -2.28. The van der Waals surface area contributed by atoms with Gasteiger partial charge < -0.3 is 9.32 Å². The van der Waals surface area contributed by atoms with Crippen LogP contribution in [-0.2, 0) is 9.84 Å². The van der Waals surface area contributed by atoms with Crippen molar-refractivity contribution in [3.05, 3.63) is 23.2 Å². The smallest absolute Gasteiger partial charge is 0.257 e. The Morgan fingerprint density at radius 3 is 2.21 bits per heavy atom. The predicted molar refractivity (Wildman–Crippen MR) is 74.0 cm³/mol. The molecule has 0 aromatic carbocycles. The average Bonchev–Trinajstić information content (AvgIpc) is 2.63. The molecule has 1 amide bonds. The van der Waals surface area contributed by atoms with Gasteiger partial charge >= 0.3 is 0 Å². The Balaban J connectivity index is 2.98. The molecule has 0 radical (unpaired) electrons. The van der Waals surface area contributed by atoms with Gasteiger partial charge in [-0.1, -0.05) is 0 Å². The van der Waals surface area contributed by atoms with Crippen LogP contribution in [0.1, 0.15) is 35.7 Å². The third-order valence-corrected chi connectivity index (χ3v) is 5.30. The van der Waals surface area contributed by atoms with E-state index in [-0.39, 0.29) is 5.91 Å². The molecule has 19 heavy (non-hydrogen) atoms. The average molecular weight is 287 g/mol. The Bertz CT molecular complexity index is 573. The van der Waals surface area contributed by atoms with Crippen molar-refractivity contribution < 1.29 is 17.6 Å². The first-order valence-electron chi connectivity index (χ1n) is 6.08. The second-order valence-electron chi connectivity index (χ2n) is 5.02. The van der Waals surface area contributed by atoms with Gasteiger partial charge in [0.25, 0.3) is 5.91 Å². The number of hydrogen-bond donors (Lipinski definition) is 0. The molecule has 0 saturated carbocycles. The molecule has 108 valence electrons. The van der Waals surface area contributed by atoms with Crippen LogP contribution in [0.4, 0.5) is 0 Å². The van der Waals surface area contributed by atoms with E-state index < -0.39 is 21.1 Å². The van der Waals surface area contributed by atoms with E-state index in [1.807, 2.05) is 0 Å². The van der Waals surface area contributed by atoms with Crippen LogP contribution in [-0.4, -0.2) is 43.8 Å². The maximum Gasteiger partial charge on any atom is 0.257 e. The van der Waals surface area contributed by atoms with Crippen LogP contribution >= 0.6 is 0 Å². The van der Waals surface area contributed by atoms with E-state index in [1.54, 1.807) is 40.8 Å². The van der Waals surface area contributed by atoms with Crippen LogP contribution in [0.25, 0.3) is 0 Å². The molecule has 0 saturated heterocycles. The van der Waals surface area contributed by atoms with E-state index in [4.69, 9.17) is 4.42 Å². The van der Waals surface area contributed by atoms with E-state index >= 15 is 0 Å². The first-order chi connectivity index (χ1) is 8.55. The van der Waals surface area contributed by atoms with Gasteiger partial charge in [0.1, 0.15) is 11.5 Å². The summed E-state index contributed by atoms with van der Waals surface area (Å²) in [6.07, 6.45) is 1.18. The highest BCUT2D eigenvalue weighted by Crippen LogP contribution is 2.18. The molecule has 0 fully saturated rings. The van der Waals surface area contributed by atoms with Crippen LogP contribution in [0.3, 0.4) is 0 Å². The Morgan fingerprint density at radius 2 is 1.84 bits per heavy atom. The molecule has 1 aromatic heterocycles. The van der Waals surface area contributed by atoms with Crippen molar-refractivity contribution in [3.8, 4) is 0 Å². The van der Waals surface area contributed by atoms with Crippen molar-refractivity contribution in [2.24, 2.45) is 0 Å². The number of carbonyl (C=O) groups is 1. The summed E-state index contributed by atoms with van der Waals surface area (Å²) in [6, 6.07) is 1.27. The Kier molecular flexibility index (Phi) is 4.45. The summed E-state index contributed by atoms with van der Waals surface area (Å²) < 4.78 is 28.4. The summed E-state index contributed by atoms with van der Waals surface area (Å²) in [6.45, 7) is 6.83. The SMILES string of the molecule is Cc1cc(C(=O)N(C)[C@@H](C)[C@H](C)S(C)(=O)=O)c(C)o1. The molecule has 0 aliphatic carbocycles. The molecule has 2 atom stereocenters. The zero-order chi connectivity index (χ0) is 15.0. The van der Waals surface area contributed by atoms with Gasteiger partial charge in [-0.25, -0.2) is 8.42 Å². The molecular formula is C13H21NO4S. The number of hydrogen-bond acceptors (Lipinski definition) is 4. The summed E-state index contributed by atoms with van der Waals surface area (Å²) in [4.78, 5) is 13.8. The number of nitrogens with zero attached hydrogens (tertiary/aromatic N) is 1. The lowest BCUT2D eigenvalue weighted by molar-refractivity contribution is 0.0741. The second kappa shape index (κ2) is 5.36. The molecule has 1 rings (SSSR count). The van der Waals surface area contributed by atoms with E-state index in [9.17, 15) is 13.2 Å². The van der Waals surface area contributed by atoms with Gasteiger partial charge in [-0.2, -0.15) is 0 Å². The largest absolute Gasteiger partial charge is 0.466 e. The fraction of sp³-hybridized carbons (Fsp3) is 0.615. The van der Waals surface area contributed by atoms with E-state index in [2.05, 4.69) is 0 Å². The summed E-state index contributed by atoms with van der Waals surface area (Å²) in [5.74, 6) is 0.990. The molecular weight excluding hydrogens is 266 g/mol. The normalized spacial score (nSPS) is 15.1. The number of aryl methyl sites for hydroxylation is 2. The van der Waals surface area contributed by atoms with Crippen molar-refractivity contribution in [1.82, 2.24) is 4.90 Å². The molecule has 0 N–H and O–H groups in total. The molecule has 6 heteroatoms. The van der Waals surface area contributed by atoms with E-state index in [1.165, 1.54) is 11.2 Å². The third-order valence-electron chi connectivity index (χ3n) is 3.56. The van der Waals surface area contributed by atoms with Crippen molar-refractivity contribution in [3.63, 3.8) is 0 Å². The summed E-state index contributed by atoms with van der Waals surface area (Å²) in [7, 11) is -1.58. The molecule has 1 heterocycles. The highest BCUT2D eigenvalue weighted by Gasteiger charge is 2.29.